The Labute approximate surface area is 199 Å². The molecule has 4 rings (SSSR count). The van der Waals surface area contributed by atoms with Gasteiger partial charge >= 0.3 is 19.5 Å². The van der Waals surface area contributed by atoms with Crippen molar-refractivity contribution in [2.75, 3.05) is 0 Å². The Kier molecular flexibility index (Phi) is 8.49. The molecule has 0 N–H and O–H groups in total. The summed E-state index contributed by atoms with van der Waals surface area (Å²) in [5.74, 6) is 0.869. The first-order valence-corrected chi connectivity index (χ1v) is 9.45. The van der Waals surface area contributed by atoms with Gasteiger partial charge in [0.25, 0.3) is 0 Å². The molecule has 0 bridgehead atoms. The van der Waals surface area contributed by atoms with Gasteiger partial charge in [-0.2, -0.15) is 0 Å². The van der Waals surface area contributed by atoms with Gasteiger partial charge in [-0.3, -0.25) is 0 Å². The number of nitrogens with zero attached hydrogens (tertiary/aromatic N) is 4. The Hall–Kier alpha value is -1.64. The average molecular weight is 517 g/mol. The van der Waals surface area contributed by atoms with Crippen LogP contribution in [-0.2, 0) is 19.5 Å². The third-order valence-electron chi connectivity index (χ3n) is 3.65. The number of hydrogen-bond donors (Lipinski definition) is 0. The molecule has 0 spiro atoms. The van der Waals surface area contributed by atoms with Gasteiger partial charge in [0, 0.05) is 21.2 Å². The molecule has 4 aromatic rings. The van der Waals surface area contributed by atoms with E-state index in [4.69, 9.17) is 56.5 Å². The molecule has 2 aromatic carbocycles. The first-order chi connectivity index (χ1) is 13.3. The molecule has 0 saturated heterocycles. The maximum absolute atomic E-state index is 5.82. The van der Waals surface area contributed by atoms with E-state index in [0.29, 0.717) is 21.8 Å². The molecule has 2 aromatic heterocycles. The van der Waals surface area contributed by atoms with Crippen LogP contribution in [0.3, 0.4) is 0 Å². The van der Waals surface area contributed by atoms with Crippen LogP contribution in [0.25, 0.3) is 22.9 Å². The summed E-state index contributed by atoms with van der Waals surface area (Å²) >= 11 is 21.1. The largest absolute Gasteiger partial charge is 2.00 e. The summed E-state index contributed by atoms with van der Waals surface area (Å²) in [6, 6.07) is 10.9. The Balaban J connectivity index is 0.000000200. The summed E-state index contributed by atoms with van der Waals surface area (Å²) < 4.78 is 10.3. The molecule has 2 heterocycles. The first kappa shape index (κ1) is 23.6. The number of halogens is 2. The van der Waals surface area contributed by atoms with Crippen LogP contribution < -0.4 is 10.2 Å². The molecule has 0 aliphatic heterocycles. The second kappa shape index (κ2) is 10.4. The zero-order valence-corrected chi connectivity index (χ0v) is 21.5. The second-order valence-corrected chi connectivity index (χ2v) is 7.24. The maximum atomic E-state index is 5.82. The molecule has 0 aliphatic rings. The Morgan fingerprint density at radius 3 is 1.41 bits per heavy atom. The Morgan fingerprint density at radius 2 is 1.14 bits per heavy atom. The molecule has 0 radical (unpaired) electrons. The molecular weight excluding hydrogens is 505 g/mol. The minimum Gasteiger partial charge on any atom is -0.532 e. The summed E-state index contributed by atoms with van der Waals surface area (Å²) in [6.45, 7) is 3.85. The average Bonchev–Trinajstić information content (AvgIpc) is 3.24. The number of aromatic nitrogens is 4. The van der Waals surface area contributed by atoms with Gasteiger partial charge in [0.1, 0.15) is 9.67 Å². The Morgan fingerprint density at radius 1 is 0.759 bits per heavy atom. The zero-order chi connectivity index (χ0) is 20.3. The van der Waals surface area contributed by atoms with E-state index in [9.17, 15) is 0 Å². The topological polar surface area (TPSA) is 80.3 Å². The molecule has 0 amide bonds. The molecule has 0 atom stereocenters. The summed E-state index contributed by atoms with van der Waals surface area (Å²) in [7, 11) is 0. The van der Waals surface area contributed by atoms with E-state index in [1.165, 1.54) is 0 Å². The third-order valence-corrected chi connectivity index (χ3v) is 4.45. The minimum absolute atomic E-state index is 0. The van der Waals surface area contributed by atoms with Crippen molar-refractivity contribution in [1.82, 2.24) is 20.4 Å². The van der Waals surface area contributed by atoms with Gasteiger partial charge in [0.2, 0.25) is 11.8 Å². The van der Waals surface area contributed by atoms with Gasteiger partial charge in [-0.25, -0.2) is 0 Å². The van der Waals surface area contributed by atoms with E-state index in [1.54, 1.807) is 12.1 Å². The quantitative estimate of drug-likeness (QED) is 0.238. The van der Waals surface area contributed by atoms with Crippen LogP contribution in [0, 0.1) is 23.5 Å². The predicted molar refractivity (Wildman–Crippen MR) is 112 cm³/mol. The summed E-state index contributed by atoms with van der Waals surface area (Å²) in [5.41, 5.74) is 3.68. The maximum Gasteiger partial charge on any atom is 2.00 e. The first-order valence-electron chi connectivity index (χ1n) is 7.87. The van der Waals surface area contributed by atoms with E-state index < -0.39 is 0 Å². The molecule has 0 fully saturated rings. The molecule has 0 unspecified atom stereocenters. The van der Waals surface area contributed by atoms with Crippen LogP contribution in [-0.4, -0.2) is 10.2 Å². The van der Waals surface area contributed by atoms with Gasteiger partial charge in [-0.05, 0) is 61.4 Å². The fourth-order valence-electron chi connectivity index (χ4n) is 2.37. The van der Waals surface area contributed by atoms with Crippen LogP contribution in [0.15, 0.2) is 45.2 Å². The van der Waals surface area contributed by atoms with Crippen molar-refractivity contribution in [3.05, 3.63) is 67.2 Å². The summed E-state index contributed by atoms with van der Waals surface area (Å²) in [6.07, 6.45) is 0. The zero-order valence-electron chi connectivity index (χ0n) is 15.3. The van der Waals surface area contributed by atoms with Crippen molar-refractivity contribution in [2.24, 2.45) is 0 Å². The predicted octanol–water partition coefficient (Wildman–Crippen LogP) is 5.98. The van der Waals surface area contributed by atoms with Crippen LogP contribution in [0.1, 0.15) is 11.1 Å². The van der Waals surface area contributed by atoms with E-state index in [2.05, 4.69) is 20.4 Å². The van der Waals surface area contributed by atoms with Crippen molar-refractivity contribution in [1.29, 1.82) is 0 Å². The molecule has 0 saturated carbocycles. The van der Waals surface area contributed by atoms with Crippen LogP contribution in [0.4, 0.5) is 0 Å². The number of rotatable bonds is 2. The standard InChI is InChI=1S/2C9H7ClN2OS.Zn/c2*1-5-4-6(10)2-3-7(5)8-11-12-9(14)13-8;/h2*2-4H,1H3,(H,12,14);/q;;+2/p-2. The van der Waals surface area contributed by atoms with E-state index >= 15 is 0 Å². The summed E-state index contributed by atoms with van der Waals surface area (Å²) in [4.78, 5) is 0.295. The van der Waals surface area contributed by atoms with Crippen LogP contribution >= 0.6 is 47.6 Å². The van der Waals surface area contributed by atoms with Gasteiger partial charge < -0.3 is 29.2 Å². The van der Waals surface area contributed by atoms with Crippen molar-refractivity contribution in [3.8, 4) is 22.9 Å². The minimum atomic E-state index is 0. The molecule has 11 heteroatoms. The van der Waals surface area contributed by atoms with E-state index in [-0.39, 0.29) is 29.2 Å². The molecule has 144 valence electrons. The van der Waals surface area contributed by atoms with E-state index in [1.807, 2.05) is 38.1 Å². The SMILES string of the molecule is Cc1cc(Cl)ccc1-c1n[n-]c(=S)o1.Cc1cc(Cl)ccc1-c1n[n-]c(=S)o1.[Zn+2]. The van der Waals surface area contributed by atoms with Crippen molar-refractivity contribution in [3.63, 3.8) is 0 Å². The van der Waals surface area contributed by atoms with E-state index in [0.717, 1.165) is 22.3 Å². The van der Waals surface area contributed by atoms with Gasteiger partial charge in [-0.15, -0.1) is 0 Å². The fraction of sp³-hybridized carbons (Fsp3) is 0.111. The van der Waals surface area contributed by atoms with Crippen molar-refractivity contribution < 1.29 is 28.3 Å². The van der Waals surface area contributed by atoms with Crippen molar-refractivity contribution in [2.45, 2.75) is 13.8 Å². The number of aryl methyl sites for hydroxylation is 2. The second-order valence-electron chi connectivity index (χ2n) is 5.66. The molecular formula is C18H12Cl2N4O2S2Zn. The molecule has 6 nitrogen and oxygen atoms in total. The van der Waals surface area contributed by atoms with Crippen LogP contribution in [0.2, 0.25) is 10.0 Å². The van der Waals surface area contributed by atoms with Crippen molar-refractivity contribution >= 4 is 47.6 Å². The van der Waals surface area contributed by atoms with Gasteiger partial charge in [0.15, 0.2) is 0 Å². The molecule has 0 aliphatic carbocycles. The van der Waals surface area contributed by atoms with Crippen LogP contribution in [0.5, 0.6) is 0 Å². The Bertz CT molecular complexity index is 1140. The monoisotopic (exact) mass is 514 g/mol. The normalized spacial score (nSPS) is 10.1. The number of benzene rings is 2. The summed E-state index contributed by atoms with van der Waals surface area (Å²) in [5, 5.41) is 16.2. The number of hydrogen-bond acceptors (Lipinski definition) is 6. The van der Waals surface area contributed by atoms with Gasteiger partial charge in [0.05, 0.1) is 0 Å². The fourth-order valence-corrected chi connectivity index (χ4v) is 3.06. The molecule has 29 heavy (non-hydrogen) atoms. The smallest absolute Gasteiger partial charge is 0.532 e. The third kappa shape index (κ3) is 6.17. The van der Waals surface area contributed by atoms with Gasteiger partial charge in [-0.1, -0.05) is 47.6 Å².